The van der Waals surface area contributed by atoms with Crippen molar-refractivity contribution in [3.8, 4) is 0 Å². The molecule has 0 aromatic heterocycles. The molecule has 2 rings (SSSR count). The minimum atomic E-state index is 0.407. The molecule has 1 aliphatic heterocycles. The zero-order valence-electron chi connectivity index (χ0n) is 8.60. The molecule has 1 saturated heterocycles. The highest BCUT2D eigenvalue weighted by Gasteiger charge is 2.23. The first-order chi connectivity index (χ1) is 6.75. The molecule has 0 aliphatic carbocycles. The molecule has 3 heteroatoms. The fourth-order valence-electron chi connectivity index (χ4n) is 1.73. The molecule has 0 spiro atoms. The Morgan fingerprint density at radius 2 is 2.07 bits per heavy atom. The van der Waals surface area contributed by atoms with Crippen LogP contribution in [0.1, 0.15) is 17.9 Å². The number of thioether (sulfide) groups is 1. The average molecular weight is 208 g/mol. The van der Waals surface area contributed by atoms with Crippen LogP contribution in [0.25, 0.3) is 0 Å². The third kappa shape index (κ3) is 2.29. The number of benzene rings is 1. The molecule has 76 valence electrons. The van der Waals surface area contributed by atoms with Crippen molar-refractivity contribution in [2.75, 3.05) is 13.6 Å². The van der Waals surface area contributed by atoms with Crippen LogP contribution in [0.4, 0.5) is 0 Å². The van der Waals surface area contributed by atoms with E-state index in [1.54, 1.807) is 0 Å². The molecule has 0 radical (unpaired) electrons. The summed E-state index contributed by atoms with van der Waals surface area (Å²) in [6, 6.07) is 10.6. The first kappa shape index (κ1) is 10.0. The summed E-state index contributed by atoms with van der Waals surface area (Å²) < 4.78 is 0. The Balaban J connectivity index is 2.11. The molecule has 0 unspecified atom stereocenters. The monoisotopic (exact) mass is 208 g/mol. The van der Waals surface area contributed by atoms with Gasteiger partial charge in [-0.1, -0.05) is 37.3 Å². The maximum absolute atomic E-state index is 3.46. The molecule has 2 nitrogen and oxygen atoms in total. The van der Waals surface area contributed by atoms with E-state index in [9.17, 15) is 0 Å². The molecule has 1 heterocycles. The van der Waals surface area contributed by atoms with Gasteiger partial charge in [-0.05, 0) is 5.56 Å². The van der Waals surface area contributed by atoms with E-state index in [4.69, 9.17) is 0 Å². The van der Waals surface area contributed by atoms with Gasteiger partial charge in [0.1, 0.15) is 0 Å². The first-order valence-corrected chi connectivity index (χ1v) is 5.87. The molecule has 0 amide bonds. The lowest BCUT2D eigenvalue weighted by Gasteiger charge is -2.34. The van der Waals surface area contributed by atoms with Crippen molar-refractivity contribution in [3.63, 3.8) is 0 Å². The summed E-state index contributed by atoms with van der Waals surface area (Å²) in [4.78, 5) is 0. The van der Waals surface area contributed by atoms with Gasteiger partial charge in [0.2, 0.25) is 0 Å². The Hall–Kier alpha value is -0.510. The minimum Gasteiger partial charge on any atom is -0.245 e. The van der Waals surface area contributed by atoms with E-state index in [0.717, 1.165) is 6.54 Å². The average Bonchev–Trinajstić information content (AvgIpc) is 2.18. The summed E-state index contributed by atoms with van der Waals surface area (Å²) in [5.74, 6) is 0. The number of hydrogen-bond donors (Lipinski definition) is 1. The second-order valence-corrected chi connectivity index (χ2v) is 5.30. The maximum atomic E-state index is 3.46. The summed E-state index contributed by atoms with van der Waals surface area (Å²) in [5.41, 5.74) is 4.82. The topological polar surface area (TPSA) is 15.3 Å². The molecule has 14 heavy (non-hydrogen) atoms. The van der Waals surface area contributed by atoms with Crippen LogP contribution in [0, 0.1) is 0 Å². The van der Waals surface area contributed by atoms with Crippen molar-refractivity contribution in [1.29, 1.82) is 0 Å². The van der Waals surface area contributed by atoms with Crippen molar-refractivity contribution >= 4 is 11.8 Å². The van der Waals surface area contributed by atoms with Gasteiger partial charge in [-0.15, -0.1) is 11.8 Å². The lowest BCUT2D eigenvalue weighted by Crippen LogP contribution is -2.44. The Kier molecular flexibility index (Phi) is 3.11. The zero-order chi connectivity index (χ0) is 9.97. The Morgan fingerprint density at radius 3 is 2.71 bits per heavy atom. The van der Waals surface area contributed by atoms with Crippen LogP contribution in [-0.4, -0.2) is 23.9 Å². The fourth-order valence-corrected chi connectivity index (χ4v) is 3.05. The van der Waals surface area contributed by atoms with Gasteiger partial charge in [0, 0.05) is 18.8 Å². The Bertz CT molecular complexity index is 279. The van der Waals surface area contributed by atoms with Gasteiger partial charge in [-0.3, -0.25) is 0 Å². The molecular weight excluding hydrogens is 192 g/mol. The van der Waals surface area contributed by atoms with Crippen LogP contribution in [0.3, 0.4) is 0 Å². The molecule has 1 N–H and O–H groups in total. The van der Waals surface area contributed by atoms with Gasteiger partial charge >= 0.3 is 0 Å². The van der Waals surface area contributed by atoms with Crippen LogP contribution in [-0.2, 0) is 0 Å². The summed E-state index contributed by atoms with van der Waals surface area (Å²) in [5, 5.41) is 3.27. The quantitative estimate of drug-likeness (QED) is 0.762. The molecule has 1 aliphatic rings. The van der Waals surface area contributed by atoms with Gasteiger partial charge in [-0.2, -0.15) is 0 Å². The largest absolute Gasteiger partial charge is 0.245 e. The van der Waals surface area contributed by atoms with Crippen molar-refractivity contribution < 1.29 is 0 Å². The van der Waals surface area contributed by atoms with E-state index in [-0.39, 0.29) is 0 Å². The zero-order valence-corrected chi connectivity index (χ0v) is 9.42. The second kappa shape index (κ2) is 4.34. The third-order valence-electron chi connectivity index (χ3n) is 2.34. The smallest absolute Gasteiger partial charge is 0.0921 e. The lowest BCUT2D eigenvalue weighted by molar-refractivity contribution is 0.219. The SMILES string of the molecule is C[C@H]1CN(C)N[C@@H](c2ccccc2)S1. The van der Waals surface area contributed by atoms with Gasteiger partial charge in [0.05, 0.1) is 5.37 Å². The van der Waals surface area contributed by atoms with E-state index in [1.165, 1.54) is 5.56 Å². The molecule has 0 bridgehead atoms. The summed E-state index contributed by atoms with van der Waals surface area (Å²) >= 11 is 1.99. The normalized spacial score (nSPS) is 29.0. The Labute approximate surface area is 89.7 Å². The fraction of sp³-hybridized carbons (Fsp3) is 0.455. The lowest BCUT2D eigenvalue weighted by atomic mass is 10.2. The molecule has 0 saturated carbocycles. The highest BCUT2D eigenvalue weighted by atomic mass is 32.2. The van der Waals surface area contributed by atoms with Crippen LogP contribution in [0.15, 0.2) is 30.3 Å². The number of rotatable bonds is 1. The highest BCUT2D eigenvalue weighted by molar-refractivity contribution is 8.00. The third-order valence-corrected chi connectivity index (χ3v) is 3.60. The van der Waals surface area contributed by atoms with E-state index in [0.29, 0.717) is 10.6 Å². The van der Waals surface area contributed by atoms with Crippen LogP contribution >= 0.6 is 11.8 Å². The molecule has 1 fully saturated rings. The number of nitrogens with one attached hydrogen (secondary N) is 1. The molecule has 1 aromatic carbocycles. The summed E-state index contributed by atoms with van der Waals surface area (Å²) in [6.45, 7) is 3.38. The van der Waals surface area contributed by atoms with Crippen LogP contribution in [0.5, 0.6) is 0 Å². The van der Waals surface area contributed by atoms with E-state index < -0.39 is 0 Å². The van der Waals surface area contributed by atoms with Gasteiger partial charge in [0.25, 0.3) is 0 Å². The number of nitrogens with zero attached hydrogens (tertiary/aromatic N) is 1. The number of hydrogen-bond acceptors (Lipinski definition) is 3. The highest BCUT2D eigenvalue weighted by Crippen LogP contribution is 2.32. The van der Waals surface area contributed by atoms with Gasteiger partial charge in [0.15, 0.2) is 0 Å². The second-order valence-electron chi connectivity index (χ2n) is 3.75. The first-order valence-electron chi connectivity index (χ1n) is 4.93. The van der Waals surface area contributed by atoms with Gasteiger partial charge < -0.3 is 0 Å². The number of hydrazine groups is 1. The maximum Gasteiger partial charge on any atom is 0.0921 e. The standard InChI is InChI=1S/C11H16N2S/c1-9-8-13(2)12-11(14-9)10-6-4-3-5-7-10/h3-7,9,11-12H,8H2,1-2H3/t9-,11+/m0/s1. The van der Waals surface area contributed by atoms with Gasteiger partial charge in [-0.25, -0.2) is 10.4 Å². The van der Waals surface area contributed by atoms with E-state index in [2.05, 4.69) is 54.7 Å². The summed E-state index contributed by atoms with van der Waals surface area (Å²) in [6.07, 6.45) is 0. The van der Waals surface area contributed by atoms with Crippen molar-refractivity contribution in [2.45, 2.75) is 17.5 Å². The van der Waals surface area contributed by atoms with Crippen molar-refractivity contribution in [3.05, 3.63) is 35.9 Å². The van der Waals surface area contributed by atoms with E-state index >= 15 is 0 Å². The van der Waals surface area contributed by atoms with Crippen molar-refractivity contribution in [1.82, 2.24) is 10.4 Å². The molecule has 2 atom stereocenters. The van der Waals surface area contributed by atoms with Crippen molar-refractivity contribution in [2.24, 2.45) is 0 Å². The van der Waals surface area contributed by atoms with Crippen LogP contribution in [0.2, 0.25) is 0 Å². The van der Waals surface area contributed by atoms with Crippen LogP contribution < -0.4 is 5.43 Å². The Morgan fingerprint density at radius 1 is 1.36 bits per heavy atom. The molecular formula is C11H16N2S. The minimum absolute atomic E-state index is 0.407. The van der Waals surface area contributed by atoms with E-state index in [1.807, 2.05) is 11.8 Å². The molecule has 1 aromatic rings. The summed E-state index contributed by atoms with van der Waals surface area (Å²) in [7, 11) is 2.10. The predicted octanol–water partition coefficient (Wildman–Crippen LogP) is 2.26. The predicted molar refractivity (Wildman–Crippen MR) is 62.0 cm³/mol.